The fourth-order valence-electron chi connectivity index (χ4n) is 12.3. The standard InChI is InChI=1S/C62H95N19O13S/c63-41(20-10-24-70-60(64)65)51(85)75-42(21-11-25-71-61(66)67)56(90)79-27-13-23-47(79)58(92)80-33-38(83)30-48(80)54(88)73-32-50(84)74-44(28-36-14-4-1-5-15-36)52(86)78-46(35-82)53(87)77-45(29-37-16-6-2-7-17-37)57(91)81-34-40(95-39-18-8-3-9-19-39)31-49(81)55(89)76-43(59(93)94)22-12-26-72-62(68)69/h1,3-5,8-9,14-15,18-19,37-38,40-49,82-83H,2,6-7,10-13,16-17,20-35,63H2,(H,73,88)(H,74,84)(H,75,85)(H,76,89)(H,77,87)(H,78,86)(H,93,94)(H4,64,65,70)(H4,66,67,71)(H4,68,69,72). The van der Waals surface area contributed by atoms with Crippen molar-refractivity contribution in [1.29, 1.82) is 0 Å². The zero-order valence-corrected chi connectivity index (χ0v) is 54.3. The minimum Gasteiger partial charge on any atom is -0.480 e. The second-order valence-electron chi connectivity index (χ2n) is 24.4. The topological polar surface area (TPSA) is 533 Å². The van der Waals surface area contributed by atoms with Crippen LogP contribution in [0.2, 0.25) is 0 Å². The zero-order valence-electron chi connectivity index (χ0n) is 53.4. The summed E-state index contributed by atoms with van der Waals surface area (Å²) in [6.45, 7) is -1.34. The number of nitrogens with two attached hydrogens (primary N) is 7. The first-order valence-corrected chi connectivity index (χ1v) is 33.2. The second-order valence-corrected chi connectivity index (χ2v) is 25.7. The fourth-order valence-corrected chi connectivity index (χ4v) is 13.5. The van der Waals surface area contributed by atoms with Crippen molar-refractivity contribution in [2.24, 2.45) is 61.0 Å². The maximum atomic E-state index is 15.1. The number of carbonyl (C=O) groups is 10. The van der Waals surface area contributed by atoms with Gasteiger partial charge in [0, 0.05) is 62.3 Å². The first kappa shape index (κ1) is 75.2. The smallest absolute Gasteiger partial charge is 0.326 e. The van der Waals surface area contributed by atoms with Gasteiger partial charge in [-0.2, -0.15) is 0 Å². The number of rotatable bonds is 35. The highest BCUT2D eigenvalue weighted by molar-refractivity contribution is 8.00. The Morgan fingerprint density at radius 2 is 1.13 bits per heavy atom. The monoisotopic (exact) mass is 1350 g/mol. The van der Waals surface area contributed by atoms with Crippen LogP contribution in [0.3, 0.4) is 0 Å². The van der Waals surface area contributed by atoms with Gasteiger partial charge in [-0.1, -0.05) is 80.6 Å². The Morgan fingerprint density at radius 3 is 1.74 bits per heavy atom. The lowest BCUT2D eigenvalue weighted by Crippen LogP contribution is -2.60. The Bertz CT molecular complexity index is 3020. The van der Waals surface area contributed by atoms with Crippen LogP contribution in [-0.4, -0.2) is 225 Å². The number of hydrogen-bond donors (Lipinski definition) is 16. The molecule has 0 spiro atoms. The average Bonchev–Trinajstić information content (AvgIpc) is 1.69. The van der Waals surface area contributed by atoms with Crippen LogP contribution in [0.4, 0.5) is 0 Å². The summed E-state index contributed by atoms with van der Waals surface area (Å²) in [6.07, 6.45) is 4.63. The molecule has 6 rings (SSSR count). The van der Waals surface area contributed by atoms with Crippen LogP contribution < -0.4 is 72.0 Å². The molecule has 4 aliphatic rings. The number of likely N-dealkylation sites (tertiary alicyclic amines) is 3. The number of thioether (sulfide) groups is 1. The number of guanidine groups is 3. The Hall–Kier alpha value is -8.82. The maximum absolute atomic E-state index is 15.1. The van der Waals surface area contributed by atoms with Gasteiger partial charge in [0.15, 0.2) is 17.9 Å². The van der Waals surface area contributed by atoms with Gasteiger partial charge in [-0.3, -0.25) is 58.1 Å². The molecule has 0 bridgehead atoms. The van der Waals surface area contributed by atoms with Crippen molar-refractivity contribution in [2.45, 2.75) is 180 Å². The number of carboxylic acids is 1. The molecule has 1 aliphatic carbocycles. The van der Waals surface area contributed by atoms with Gasteiger partial charge < -0.3 is 102 Å². The first-order valence-electron chi connectivity index (χ1n) is 32.3. The molecule has 0 radical (unpaired) electrons. The number of aliphatic imine (C=N–C) groups is 3. The molecule has 3 heterocycles. The van der Waals surface area contributed by atoms with Gasteiger partial charge in [0.1, 0.15) is 48.3 Å². The van der Waals surface area contributed by atoms with Gasteiger partial charge in [-0.05, 0) is 87.8 Å². The molecule has 11 unspecified atom stereocenters. The molecule has 0 aromatic heterocycles. The molecule has 522 valence electrons. The van der Waals surface area contributed by atoms with Gasteiger partial charge >= 0.3 is 5.97 Å². The van der Waals surface area contributed by atoms with Gasteiger partial charge in [0.05, 0.1) is 25.3 Å². The molecule has 95 heavy (non-hydrogen) atoms. The van der Waals surface area contributed by atoms with Gasteiger partial charge in [0.2, 0.25) is 53.2 Å². The fraction of sp³-hybridized carbons (Fsp3) is 0.597. The third-order valence-corrected chi connectivity index (χ3v) is 18.3. The quantitative estimate of drug-likeness (QED) is 0.0178. The van der Waals surface area contributed by atoms with Crippen molar-refractivity contribution in [3.63, 3.8) is 0 Å². The van der Waals surface area contributed by atoms with E-state index in [4.69, 9.17) is 40.1 Å². The number of carboxylic acid groups (broad SMARTS) is 1. The van der Waals surface area contributed by atoms with Crippen molar-refractivity contribution >= 4 is 88.8 Å². The van der Waals surface area contributed by atoms with Crippen molar-refractivity contribution < 1.29 is 63.3 Å². The number of aliphatic hydroxyl groups excluding tert-OH is 2. The third-order valence-electron chi connectivity index (χ3n) is 17.1. The number of carbonyl (C=O) groups excluding carboxylic acids is 9. The number of nitrogens with zero attached hydrogens (tertiary/aromatic N) is 6. The van der Waals surface area contributed by atoms with Crippen LogP contribution in [0.25, 0.3) is 0 Å². The minimum atomic E-state index is -1.69. The summed E-state index contributed by atoms with van der Waals surface area (Å²) < 4.78 is 0. The first-order chi connectivity index (χ1) is 45.4. The minimum absolute atomic E-state index is 0.0218. The molecule has 9 amide bonds. The number of aliphatic carboxylic acids is 1. The highest BCUT2D eigenvalue weighted by Crippen LogP contribution is 2.35. The highest BCUT2D eigenvalue weighted by atomic mass is 32.2. The third kappa shape index (κ3) is 23.9. The van der Waals surface area contributed by atoms with Gasteiger partial charge in [-0.25, -0.2) is 4.79 Å². The van der Waals surface area contributed by atoms with E-state index in [2.05, 4.69) is 46.9 Å². The Labute approximate surface area is 555 Å². The van der Waals surface area contributed by atoms with E-state index in [0.29, 0.717) is 18.4 Å². The van der Waals surface area contributed by atoms with Crippen LogP contribution in [0.1, 0.15) is 108 Å². The second kappa shape index (κ2) is 37.9. The Morgan fingerprint density at radius 1 is 0.568 bits per heavy atom. The summed E-state index contributed by atoms with van der Waals surface area (Å²) in [5.74, 6) is -8.59. The lowest BCUT2D eigenvalue weighted by Gasteiger charge is -2.33. The molecule has 4 fully saturated rings. The van der Waals surface area contributed by atoms with E-state index in [0.717, 1.165) is 41.9 Å². The predicted molar refractivity (Wildman–Crippen MR) is 353 cm³/mol. The van der Waals surface area contributed by atoms with Crippen LogP contribution in [0, 0.1) is 5.92 Å². The predicted octanol–water partition coefficient (Wildman–Crippen LogP) is -3.98. The van der Waals surface area contributed by atoms with Crippen molar-refractivity contribution in [3.8, 4) is 0 Å². The van der Waals surface area contributed by atoms with E-state index >= 15 is 4.79 Å². The van der Waals surface area contributed by atoms with Gasteiger partial charge in [0.25, 0.3) is 0 Å². The zero-order chi connectivity index (χ0) is 69.1. The molecule has 23 N–H and O–H groups in total. The molecule has 2 aromatic rings. The van der Waals surface area contributed by atoms with E-state index in [1.165, 1.54) is 21.6 Å². The number of benzene rings is 2. The van der Waals surface area contributed by atoms with E-state index < -0.39 is 133 Å². The molecular weight excluding hydrogens is 1250 g/mol. The van der Waals surface area contributed by atoms with Crippen LogP contribution in [0.5, 0.6) is 0 Å². The normalized spacial score (nSPS) is 20.5. The number of nitrogens with one attached hydrogen (secondary N) is 6. The van der Waals surface area contributed by atoms with Crippen LogP contribution >= 0.6 is 11.8 Å². The summed E-state index contributed by atoms with van der Waals surface area (Å²) >= 11 is 1.44. The van der Waals surface area contributed by atoms with E-state index in [9.17, 15) is 58.5 Å². The van der Waals surface area contributed by atoms with Crippen LogP contribution in [-0.2, 0) is 54.4 Å². The molecule has 1 saturated carbocycles. The number of amides is 9. The molecule has 32 nitrogen and oxygen atoms in total. The lowest BCUT2D eigenvalue weighted by atomic mass is 9.84. The summed E-state index contributed by atoms with van der Waals surface area (Å²) in [6, 6.07) is 6.35. The SMILES string of the molecule is NC(N)=NCCCC(N)C(=O)NC(CCCN=C(N)N)C(=O)N1CCCC1C(=O)N1CC(O)CC1C(=O)NCC(=O)NC(Cc1ccccc1)C(=O)NC(CO)C(=O)NC(CC1CCCCC1)C(=O)N1CC(Sc2ccccc2)CC1C(=O)NC(CCCN=C(N)N)C(=O)O. The summed E-state index contributed by atoms with van der Waals surface area (Å²) in [5.41, 5.74) is 39.4. The molecule has 3 saturated heterocycles. The Kier molecular flexibility index (Phi) is 30.0. The molecular formula is C62H95N19O13S. The Balaban J connectivity index is 1.14. The van der Waals surface area contributed by atoms with E-state index in [-0.39, 0.29) is 133 Å². The number of β-amino-alcohol motifs (C(OH)–C–C–N with tert-alkyl or cyclic N) is 1. The summed E-state index contributed by atoms with van der Waals surface area (Å²) in [5, 5.41) is 47.2. The maximum Gasteiger partial charge on any atom is 0.326 e. The number of aliphatic hydroxyl groups is 2. The highest BCUT2D eigenvalue weighted by Gasteiger charge is 2.47. The average molecular weight is 1350 g/mol. The van der Waals surface area contributed by atoms with Crippen molar-refractivity contribution in [3.05, 3.63) is 66.2 Å². The van der Waals surface area contributed by atoms with Crippen molar-refractivity contribution in [2.75, 3.05) is 52.4 Å². The molecule has 2 aromatic carbocycles. The molecule has 11 atom stereocenters. The van der Waals surface area contributed by atoms with Gasteiger partial charge in [-0.15, -0.1) is 11.8 Å². The van der Waals surface area contributed by atoms with Crippen molar-refractivity contribution in [1.82, 2.24) is 46.6 Å². The van der Waals surface area contributed by atoms with E-state index in [1.54, 1.807) is 30.3 Å². The summed E-state index contributed by atoms with van der Waals surface area (Å²) in [7, 11) is 0. The van der Waals surface area contributed by atoms with E-state index in [1.807, 2.05) is 30.3 Å². The number of hydrogen-bond acceptors (Lipinski definition) is 17. The largest absolute Gasteiger partial charge is 0.480 e. The molecule has 33 heteroatoms. The lowest BCUT2D eigenvalue weighted by molar-refractivity contribution is -0.148. The van der Waals surface area contributed by atoms with Crippen LogP contribution in [0.15, 0.2) is 80.5 Å². The molecule has 3 aliphatic heterocycles. The summed E-state index contributed by atoms with van der Waals surface area (Å²) in [4.78, 5) is 157.